The van der Waals surface area contributed by atoms with Gasteiger partial charge in [-0.3, -0.25) is 4.99 Å². The second kappa shape index (κ2) is 4.07. The molecule has 5 heteroatoms. The zero-order valence-electron chi connectivity index (χ0n) is 9.60. The van der Waals surface area contributed by atoms with Crippen LogP contribution >= 0.6 is 11.8 Å². The van der Waals surface area contributed by atoms with Crippen LogP contribution in [0.25, 0.3) is 0 Å². The normalized spacial score (nSPS) is 23.5. The number of thioether (sulfide) groups is 1. The standard InChI is InChI=1S/C12H13NO3S/c1-7-3-4-9(14)8(5-7)10-13-12(2,6-17-10)11(15)16/h3-5,14H,6H2,1-2H3,(H,15,16). The lowest BCUT2D eigenvalue weighted by Gasteiger charge is -2.11. The topological polar surface area (TPSA) is 69.9 Å². The first-order valence-electron chi connectivity index (χ1n) is 5.18. The number of carboxylic acids is 1. The molecule has 0 amide bonds. The molecule has 0 saturated carbocycles. The lowest BCUT2D eigenvalue weighted by molar-refractivity contribution is -0.141. The number of benzene rings is 1. The van der Waals surface area contributed by atoms with Crippen molar-refractivity contribution >= 4 is 22.8 Å². The number of carboxylic acid groups (broad SMARTS) is 1. The predicted molar refractivity (Wildman–Crippen MR) is 67.9 cm³/mol. The van der Waals surface area contributed by atoms with E-state index in [2.05, 4.69) is 4.99 Å². The number of aryl methyl sites for hydroxylation is 1. The summed E-state index contributed by atoms with van der Waals surface area (Å²) in [7, 11) is 0. The number of aliphatic imine (C=N–C) groups is 1. The molecule has 1 aliphatic rings. The van der Waals surface area contributed by atoms with Gasteiger partial charge in [0.2, 0.25) is 0 Å². The molecule has 17 heavy (non-hydrogen) atoms. The molecule has 1 aromatic carbocycles. The molecule has 2 N–H and O–H groups in total. The smallest absolute Gasteiger partial charge is 0.332 e. The third-order valence-electron chi connectivity index (χ3n) is 2.68. The van der Waals surface area contributed by atoms with Crippen LogP contribution in [0, 0.1) is 6.92 Å². The van der Waals surface area contributed by atoms with E-state index >= 15 is 0 Å². The highest BCUT2D eigenvalue weighted by Crippen LogP contribution is 2.34. The first-order chi connectivity index (χ1) is 7.92. The molecule has 0 bridgehead atoms. The quantitative estimate of drug-likeness (QED) is 0.843. The second-order valence-electron chi connectivity index (χ2n) is 4.31. The van der Waals surface area contributed by atoms with Crippen molar-refractivity contribution in [3.05, 3.63) is 29.3 Å². The van der Waals surface area contributed by atoms with Gasteiger partial charge in [0, 0.05) is 11.3 Å². The van der Waals surface area contributed by atoms with Crippen molar-refractivity contribution < 1.29 is 15.0 Å². The molecule has 0 aliphatic carbocycles. The summed E-state index contributed by atoms with van der Waals surface area (Å²) >= 11 is 1.36. The Labute approximate surface area is 103 Å². The molecule has 0 fully saturated rings. The highest BCUT2D eigenvalue weighted by Gasteiger charge is 2.38. The molecule has 1 atom stereocenters. The van der Waals surface area contributed by atoms with Crippen molar-refractivity contribution in [2.75, 3.05) is 5.75 Å². The number of aromatic hydroxyl groups is 1. The Balaban J connectivity index is 2.43. The molecule has 90 valence electrons. The molecule has 1 unspecified atom stereocenters. The summed E-state index contributed by atoms with van der Waals surface area (Å²) in [5.41, 5.74) is 0.529. The van der Waals surface area contributed by atoms with Gasteiger partial charge in [0.1, 0.15) is 10.8 Å². The van der Waals surface area contributed by atoms with Crippen molar-refractivity contribution in [1.82, 2.24) is 0 Å². The number of phenols is 1. The van der Waals surface area contributed by atoms with Gasteiger partial charge in [-0.25, -0.2) is 4.79 Å². The van der Waals surface area contributed by atoms with Gasteiger partial charge in [0.05, 0.1) is 0 Å². The average molecular weight is 251 g/mol. The molecule has 1 aromatic rings. The molecule has 0 radical (unpaired) electrons. The minimum atomic E-state index is -1.09. The van der Waals surface area contributed by atoms with Crippen molar-refractivity contribution in [1.29, 1.82) is 0 Å². The van der Waals surface area contributed by atoms with Crippen LogP contribution in [0.1, 0.15) is 18.1 Å². The number of nitrogens with zero attached hydrogens (tertiary/aromatic N) is 1. The fraction of sp³-hybridized carbons (Fsp3) is 0.333. The zero-order valence-corrected chi connectivity index (χ0v) is 10.4. The van der Waals surface area contributed by atoms with E-state index in [1.165, 1.54) is 11.8 Å². The fourth-order valence-corrected chi connectivity index (χ4v) is 2.76. The largest absolute Gasteiger partial charge is 0.507 e. The van der Waals surface area contributed by atoms with Crippen molar-refractivity contribution in [2.45, 2.75) is 19.4 Å². The SMILES string of the molecule is Cc1ccc(O)c(C2=NC(C)(C(=O)O)CS2)c1. The minimum absolute atomic E-state index is 0.136. The summed E-state index contributed by atoms with van der Waals surface area (Å²) in [6.45, 7) is 3.50. The summed E-state index contributed by atoms with van der Waals surface area (Å²) < 4.78 is 0. The van der Waals surface area contributed by atoms with E-state index in [1.54, 1.807) is 19.1 Å². The third kappa shape index (κ3) is 2.15. The summed E-state index contributed by atoms with van der Waals surface area (Å²) in [6.07, 6.45) is 0. The molecule has 0 spiro atoms. The number of aliphatic carboxylic acids is 1. The van der Waals surface area contributed by atoms with Gasteiger partial charge in [-0.2, -0.15) is 0 Å². The molecular formula is C12H13NO3S. The predicted octanol–water partition coefficient (Wildman–Crippen LogP) is 2.04. The van der Waals surface area contributed by atoms with Crippen LogP contribution in [-0.2, 0) is 4.79 Å². The van der Waals surface area contributed by atoms with Crippen LogP contribution < -0.4 is 0 Å². The maximum absolute atomic E-state index is 11.1. The highest BCUT2D eigenvalue weighted by atomic mass is 32.2. The Kier molecular flexibility index (Phi) is 2.87. The molecule has 4 nitrogen and oxygen atoms in total. The van der Waals surface area contributed by atoms with Crippen LogP contribution in [0.2, 0.25) is 0 Å². The average Bonchev–Trinajstić information content (AvgIpc) is 2.66. The van der Waals surface area contributed by atoms with E-state index < -0.39 is 11.5 Å². The number of phenolic OH excluding ortho intramolecular Hbond substituents is 1. The monoisotopic (exact) mass is 251 g/mol. The Hall–Kier alpha value is -1.49. The molecule has 1 aliphatic heterocycles. The maximum atomic E-state index is 11.1. The minimum Gasteiger partial charge on any atom is -0.507 e. The fourth-order valence-electron chi connectivity index (χ4n) is 1.57. The maximum Gasteiger partial charge on any atom is 0.332 e. The Bertz CT molecular complexity index is 512. The van der Waals surface area contributed by atoms with Crippen LogP contribution in [0.4, 0.5) is 0 Å². The van der Waals surface area contributed by atoms with Crippen molar-refractivity contribution in [2.24, 2.45) is 4.99 Å². The summed E-state index contributed by atoms with van der Waals surface area (Å²) in [6, 6.07) is 5.22. The lowest BCUT2D eigenvalue weighted by Crippen LogP contribution is -2.33. The number of hydrogen-bond donors (Lipinski definition) is 2. The molecular weight excluding hydrogens is 238 g/mol. The van der Waals surface area contributed by atoms with E-state index in [0.717, 1.165) is 5.56 Å². The molecule has 2 rings (SSSR count). The van der Waals surface area contributed by atoms with Gasteiger partial charge in [0.15, 0.2) is 5.54 Å². The van der Waals surface area contributed by atoms with Crippen molar-refractivity contribution in [3.8, 4) is 5.75 Å². The number of rotatable bonds is 2. The van der Waals surface area contributed by atoms with Crippen LogP contribution in [0.15, 0.2) is 23.2 Å². The van der Waals surface area contributed by atoms with Gasteiger partial charge < -0.3 is 10.2 Å². The highest BCUT2D eigenvalue weighted by molar-refractivity contribution is 8.14. The van der Waals surface area contributed by atoms with E-state index in [4.69, 9.17) is 5.11 Å². The van der Waals surface area contributed by atoms with Crippen LogP contribution in [0.3, 0.4) is 0 Å². The van der Waals surface area contributed by atoms with Gasteiger partial charge in [0.25, 0.3) is 0 Å². The van der Waals surface area contributed by atoms with Gasteiger partial charge >= 0.3 is 5.97 Å². The first-order valence-corrected chi connectivity index (χ1v) is 6.17. The van der Waals surface area contributed by atoms with E-state index in [9.17, 15) is 9.90 Å². The lowest BCUT2D eigenvalue weighted by atomic mass is 10.1. The second-order valence-corrected chi connectivity index (χ2v) is 5.27. The van der Waals surface area contributed by atoms with Gasteiger partial charge in [-0.1, -0.05) is 11.6 Å². The zero-order chi connectivity index (χ0) is 12.6. The first kappa shape index (κ1) is 12.0. The summed E-state index contributed by atoms with van der Waals surface area (Å²) in [5.74, 6) is -0.408. The Morgan fingerprint density at radius 2 is 2.24 bits per heavy atom. The van der Waals surface area contributed by atoms with E-state index in [1.807, 2.05) is 13.0 Å². The Morgan fingerprint density at radius 3 is 2.82 bits per heavy atom. The summed E-state index contributed by atoms with van der Waals surface area (Å²) in [5, 5.41) is 19.4. The van der Waals surface area contributed by atoms with E-state index in [-0.39, 0.29) is 5.75 Å². The third-order valence-corrected chi connectivity index (χ3v) is 3.97. The van der Waals surface area contributed by atoms with E-state index in [0.29, 0.717) is 16.4 Å². The van der Waals surface area contributed by atoms with Gasteiger partial charge in [-0.05, 0) is 26.0 Å². The Morgan fingerprint density at radius 1 is 1.53 bits per heavy atom. The molecule has 1 heterocycles. The van der Waals surface area contributed by atoms with Crippen LogP contribution in [0.5, 0.6) is 5.75 Å². The number of carbonyl (C=O) groups is 1. The molecule has 0 saturated heterocycles. The number of hydrogen-bond acceptors (Lipinski definition) is 4. The van der Waals surface area contributed by atoms with Crippen LogP contribution in [-0.4, -0.2) is 32.5 Å². The van der Waals surface area contributed by atoms with Gasteiger partial charge in [-0.15, -0.1) is 11.8 Å². The van der Waals surface area contributed by atoms with Crippen molar-refractivity contribution in [3.63, 3.8) is 0 Å². The molecule has 0 aromatic heterocycles. The summed E-state index contributed by atoms with van der Waals surface area (Å²) in [4.78, 5) is 15.3.